The van der Waals surface area contributed by atoms with Crippen LogP contribution in [0.25, 0.3) is 0 Å². The van der Waals surface area contributed by atoms with E-state index in [0.29, 0.717) is 24.4 Å². The highest BCUT2D eigenvalue weighted by Crippen LogP contribution is 2.47. The molecule has 4 nitrogen and oxygen atoms in total. The molecule has 4 heteroatoms. The van der Waals surface area contributed by atoms with Crippen LogP contribution in [-0.4, -0.2) is 49.0 Å². The van der Waals surface area contributed by atoms with Crippen molar-refractivity contribution < 1.29 is 14.6 Å². The largest absolute Gasteiger partial charge is 0.508 e. The van der Waals surface area contributed by atoms with Gasteiger partial charge in [0.25, 0.3) is 0 Å². The molecule has 0 spiro atoms. The molecule has 35 heavy (non-hydrogen) atoms. The number of hydrogen-bond acceptors (Lipinski definition) is 4. The summed E-state index contributed by atoms with van der Waals surface area (Å²) < 4.78 is 11.9. The minimum atomic E-state index is 0.266. The summed E-state index contributed by atoms with van der Waals surface area (Å²) in [7, 11) is 0. The second-order valence-electron chi connectivity index (χ2n) is 9.83. The van der Waals surface area contributed by atoms with Crippen molar-refractivity contribution in [3.05, 3.63) is 95.1 Å². The van der Waals surface area contributed by atoms with Crippen molar-refractivity contribution in [3.8, 4) is 11.5 Å². The number of benzene rings is 3. The average Bonchev–Trinajstić information content (AvgIpc) is 2.90. The Morgan fingerprint density at radius 1 is 0.886 bits per heavy atom. The Kier molecular flexibility index (Phi) is 7.70. The fraction of sp³-hybridized carbons (Fsp3) is 0.419. The number of likely N-dealkylation sites (tertiary alicyclic amines) is 1. The summed E-state index contributed by atoms with van der Waals surface area (Å²) in [6, 6.07) is 25.4. The van der Waals surface area contributed by atoms with Crippen LogP contribution < -0.4 is 4.74 Å². The third-order valence-corrected chi connectivity index (χ3v) is 7.67. The van der Waals surface area contributed by atoms with E-state index in [1.165, 1.54) is 22.3 Å². The summed E-state index contributed by atoms with van der Waals surface area (Å²) in [4.78, 5) is 2.47. The first kappa shape index (κ1) is 23.9. The molecule has 1 N–H and O–H groups in total. The second kappa shape index (κ2) is 11.3. The highest BCUT2D eigenvalue weighted by atomic mass is 16.5. The van der Waals surface area contributed by atoms with E-state index in [1.807, 2.05) is 12.1 Å². The molecule has 5 rings (SSSR count). The molecule has 1 aliphatic carbocycles. The fourth-order valence-electron chi connectivity index (χ4n) is 5.88. The first-order valence-corrected chi connectivity index (χ1v) is 13.1. The number of aryl methyl sites for hydroxylation is 1. The summed E-state index contributed by atoms with van der Waals surface area (Å²) in [5.41, 5.74) is 5.27. The summed E-state index contributed by atoms with van der Waals surface area (Å²) in [6.45, 7) is 6.72. The van der Waals surface area contributed by atoms with Gasteiger partial charge in [-0.25, -0.2) is 0 Å². The van der Waals surface area contributed by atoms with Crippen molar-refractivity contribution in [3.63, 3.8) is 0 Å². The monoisotopic (exact) mass is 471 g/mol. The number of aromatic hydroxyl groups is 1. The van der Waals surface area contributed by atoms with E-state index < -0.39 is 0 Å². The summed E-state index contributed by atoms with van der Waals surface area (Å²) in [5, 5.41) is 10.1. The zero-order chi connectivity index (χ0) is 24.0. The molecule has 184 valence electrons. The lowest BCUT2D eigenvalue weighted by atomic mass is 9.69. The van der Waals surface area contributed by atoms with Crippen LogP contribution in [0.5, 0.6) is 11.5 Å². The van der Waals surface area contributed by atoms with Crippen LogP contribution in [0.3, 0.4) is 0 Å². The number of fused-ring (bicyclic) bond motifs is 1. The first-order valence-electron chi connectivity index (χ1n) is 13.1. The van der Waals surface area contributed by atoms with Crippen LogP contribution in [0.4, 0.5) is 0 Å². The van der Waals surface area contributed by atoms with Crippen LogP contribution in [0.15, 0.2) is 72.8 Å². The number of rotatable bonds is 8. The molecule has 1 fully saturated rings. The first-order chi connectivity index (χ1) is 17.2. The van der Waals surface area contributed by atoms with Crippen molar-refractivity contribution in [1.29, 1.82) is 0 Å². The standard InChI is InChI=1S/C31H37NO3/c1-2-34-28-16-18-32(19-17-28)20-21-35-27-12-8-24(9-13-27)31-29(23-6-4-3-5-7-23)14-10-25-22-26(33)11-15-30(25)31/h3-9,11-13,15,22,28-29,31,33H,2,10,14,16-21H2,1H3/t29-,31+/m1/s1. The number of phenolic OH excluding ortho intramolecular Hbond substituents is 1. The zero-order valence-corrected chi connectivity index (χ0v) is 20.7. The smallest absolute Gasteiger partial charge is 0.119 e. The molecule has 0 saturated carbocycles. The summed E-state index contributed by atoms with van der Waals surface area (Å²) in [5.74, 6) is 1.96. The maximum Gasteiger partial charge on any atom is 0.119 e. The molecule has 2 atom stereocenters. The van der Waals surface area contributed by atoms with Crippen molar-refractivity contribution in [2.75, 3.05) is 32.8 Å². The third kappa shape index (κ3) is 5.71. The number of nitrogens with zero attached hydrogens (tertiary/aromatic N) is 1. The summed E-state index contributed by atoms with van der Waals surface area (Å²) >= 11 is 0. The third-order valence-electron chi connectivity index (χ3n) is 7.67. The number of ether oxygens (including phenoxy) is 2. The normalized spacial score (nSPS) is 20.9. The van der Waals surface area contributed by atoms with Gasteiger partial charge in [-0.15, -0.1) is 0 Å². The van der Waals surface area contributed by atoms with E-state index in [2.05, 4.69) is 72.5 Å². The highest BCUT2D eigenvalue weighted by Gasteiger charge is 2.32. The molecular weight excluding hydrogens is 434 g/mol. The van der Waals surface area contributed by atoms with Gasteiger partial charge in [0, 0.05) is 32.2 Å². The molecule has 1 aliphatic heterocycles. The average molecular weight is 472 g/mol. The molecule has 0 unspecified atom stereocenters. The number of piperidine rings is 1. The summed E-state index contributed by atoms with van der Waals surface area (Å²) in [6.07, 6.45) is 4.72. The van der Waals surface area contributed by atoms with Gasteiger partial charge in [0.2, 0.25) is 0 Å². The van der Waals surface area contributed by atoms with Gasteiger partial charge in [-0.3, -0.25) is 4.90 Å². The molecule has 0 bridgehead atoms. The lowest BCUT2D eigenvalue weighted by molar-refractivity contribution is 0.0119. The van der Waals surface area contributed by atoms with Crippen molar-refractivity contribution in [2.45, 2.75) is 50.5 Å². The van der Waals surface area contributed by atoms with Crippen LogP contribution >= 0.6 is 0 Å². The molecule has 0 radical (unpaired) electrons. The van der Waals surface area contributed by atoms with Crippen molar-refractivity contribution >= 4 is 0 Å². The molecule has 1 saturated heterocycles. The van der Waals surface area contributed by atoms with Crippen molar-refractivity contribution in [1.82, 2.24) is 4.90 Å². The Labute approximate surface area is 209 Å². The lowest BCUT2D eigenvalue weighted by Gasteiger charge is -2.35. The number of hydrogen-bond donors (Lipinski definition) is 1. The molecular formula is C31H37NO3. The lowest BCUT2D eigenvalue weighted by Crippen LogP contribution is -2.39. The molecule has 0 aromatic heterocycles. The quantitative estimate of drug-likeness (QED) is 0.429. The van der Waals surface area contributed by atoms with Crippen LogP contribution in [0, 0.1) is 0 Å². The van der Waals surface area contributed by atoms with E-state index in [0.717, 1.165) is 57.7 Å². The molecule has 3 aromatic rings. The molecule has 3 aromatic carbocycles. The maximum atomic E-state index is 10.1. The van der Waals surface area contributed by atoms with Gasteiger partial charge in [0.15, 0.2) is 0 Å². The van der Waals surface area contributed by atoms with Gasteiger partial charge >= 0.3 is 0 Å². The minimum Gasteiger partial charge on any atom is -0.508 e. The Morgan fingerprint density at radius 3 is 2.40 bits per heavy atom. The van der Waals surface area contributed by atoms with E-state index >= 15 is 0 Å². The Bertz CT molecular complexity index is 1070. The van der Waals surface area contributed by atoms with Crippen LogP contribution in [-0.2, 0) is 11.2 Å². The van der Waals surface area contributed by atoms with Crippen molar-refractivity contribution in [2.24, 2.45) is 0 Å². The molecule has 1 heterocycles. The van der Waals surface area contributed by atoms with Gasteiger partial charge in [-0.2, -0.15) is 0 Å². The van der Waals surface area contributed by atoms with E-state index in [4.69, 9.17) is 9.47 Å². The van der Waals surface area contributed by atoms with Gasteiger partial charge < -0.3 is 14.6 Å². The van der Waals surface area contributed by atoms with Gasteiger partial charge in [0.1, 0.15) is 18.1 Å². The predicted molar refractivity (Wildman–Crippen MR) is 140 cm³/mol. The van der Waals surface area contributed by atoms with E-state index in [9.17, 15) is 5.11 Å². The number of phenols is 1. The van der Waals surface area contributed by atoms with Crippen LogP contribution in [0.2, 0.25) is 0 Å². The SMILES string of the molecule is CCOC1CCN(CCOc2ccc([C@@H]3c4ccc(O)cc4CC[C@@H]3c3ccccc3)cc2)CC1. The van der Waals surface area contributed by atoms with E-state index in [1.54, 1.807) is 0 Å². The second-order valence-corrected chi connectivity index (χ2v) is 9.83. The van der Waals surface area contributed by atoms with E-state index in [-0.39, 0.29) is 5.92 Å². The predicted octanol–water partition coefficient (Wildman–Crippen LogP) is 6.13. The Morgan fingerprint density at radius 2 is 1.66 bits per heavy atom. The van der Waals surface area contributed by atoms with Gasteiger partial charge in [-0.1, -0.05) is 48.5 Å². The Hall–Kier alpha value is -2.82. The minimum absolute atomic E-state index is 0.266. The molecule has 2 aliphatic rings. The van der Waals surface area contributed by atoms with Crippen LogP contribution in [0.1, 0.15) is 60.3 Å². The Balaban J connectivity index is 1.26. The highest BCUT2D eigenvalue weighted by molar-refractivity contribution is 5.48. The zero-order valence-electron chi connectivity index (χ0n) is 20.7. The maximum absolute atomic E-state index is 10.1. The van der Waals surface area contributed by atoms with Gasteiger partial charge in [-0.05, 0) is 85.0 Å². The fourth-order valence-corrected chi connectivity index (χ4v) is 5.88. The topological polar surface area (TPSA) is 41.9 Å². The molecule has 0 amide bonds. The van der Waals surface area contributed by atoms with Gasteiger partial charge in [0.05, 0.1) is 6.10 Å².